The van der Waals surface area contributed by atoms with Gasteiger partial charge in [-0.3, -0.25) is 9.59 Å². The number of amides is 2. The number of nitrogens with zero attached hydrogens (tertiary/aromatic N) is 2. The number of hydrogen-bond donors (Lipinski definition) is 2. The molecule has 6 rings (SSSR count). The van der Waals surface area contributed by atoms with E-state index < -0.39 is 0 Å². The van der Waals surface area contributed by atoms with Crippen LogP contribution in [0.25, 0.3) is 0 Å². The van der Waals surface area contributed by atoms with Gasteiger partial charge in [-0.05, 0) is 68.4 Å². The normalized spacial score (nSPS) is 27.3. The Morgan fingerprint density at radius 1 is 1.06 bits per heavy atom. The highest BCUT2D eigenvalue weighted by Gasteiger charge is 2.54. The fourth-order valence-electron chi connectivity index (χ4n) is 6.16. The maximum atomic E-state index is 13.2. The van der Waals surface area contributed by atoms with Gasteiger partial charge in [0.2, 0.25) is 16.9 Å². The molecule has 1 aromatic heterocycles. The van der Waals surface area contributed by atoms with Gasteiger partial charge in [0, 0.05) is 6.07 Å². The molecule has 4 bridgehead atoms. The first-order chi connectivity index (χ1) is 16.0. The molecule has 1 heterocycles. The molecule has 0 spiro atoms. The topological polar surface area (TPSA) is 102 Å². The molecule has 0 aliphatic heterocycles. The van der Waals surface area contributed by atoms with Crippen LogP contribution in [0.3, 0.4) is 0 Å². The number of thioether (sulfide) groups is 1. The van der Waals surface area contributed by atoms with Gasteiger partial charge >= 0.3 is 0 Å². The summed E-state index contributed by atoms with van der Waals surface area (Å²) < 4.78 is 11.2. The lowest BCUT2D eigenvalue weighted by atomic mass is 9.49. The molecule has 0 saturated heterocycles. The Morgan fingerprint density at radius 3 is 2.39 bits per heavy atom. The molecule has 0 atom stereocenters. The molecule has 8 nitrogen and oxygen atoms in total. The zero-order valence-corrected chi connectivity index (χ0v) is 20.4. The Kier molecular flexibility index (Phi) is 6.22. The van der Waals surface area contributed by atoms with E-state index in [0.717, 1.165) is 19.3 Å². The summed E-state index contributed by atoms with van der Waals surface area (Å²) in [7, 11) is 3.12. The number of methoxy groups -OCH3 is 2. The van der Waals surface area contributed by atoms with E-state index in [1.54, 1.807) is 32.4 Å². The third-order valence-corrected chi connectivity index (χ3v) is 9.13. The van der Waals surface area contributed by atoms with Crippen LogP contribution >= 0.6 is 23.1 Å². The molecule has 2 amide bonds. The van der Waals surface area contributed by atoms with E-state index in [-0.39, 0.29) is 23.0 Å². The smallest absolute Gasteiger partial charge is 0.234 e. The van der Waals surface area contributed by atoms with Crippen LogP contribution in [0, 0.1) is 23.2 Å². The molecule has 4 fully saturated rings. The molecule has 0 unspecified atom stereocenters. The third kappa shape index (κ3) is 4.68. The monoisotopic (exact) mass is 488 g/mol. The summed E-state index contributed by atoms with van der Waals surface area (Å²) in [6, 6.07) is 5.22. The van der Waals surface area contributed by atoms with Crippen molar-refractivity contribution in [3.63, 3.8) is 0 Å². The van der Waals surface area contributed by atoms with Gasteiger partial charge in [0.15, 0.2) is 4.34 Å². The molecule has 2 aromatic rings. The molecule has 4 aliphatic rings. The van der Waals surface area contributed by atoms with Crippen molar-refractivity contribution in [1.29, 1.82) is 0 Å². The molecule has 10 heteroatoms. The van der Waals surface area contributed by atoms with Crippen molar-refractivity contribution < 1.29 is 19.1 Å². The van der Waals surface area contributed by atoms with Crippen molar-refractivity contribution in [1.82, 2.24) is 10.2 Å². The summed E-state index contributed by atoms with van der Waals surface area (Å²) in [5.74, 6) is 3.40. The number of hydrogen-bond acceptors (Lipinski definition) is 8. The number of carbonyl (C=O) groups is 2. The van der Waals surface area contributed by atoms with E-state index in [9.17, 15) is 9.59 Å². The molecule has 2 N–H and O–H groups in total. The van der Waals surface area contributed by atoms with Gasteiger partial charge in [0.05, 0.1) is 31.1 Å². The Labute approximate surface area is 201 Å². The average molecular weight is 489 g/mol. The lowest BCUT2D eigenvalue weighted by molar-refractivity contribution is -0.140. The van der Waals surface area contributed by atoms with Crippen molar-refractivity contribution in [3.8, 4) is 11.5 Å². The summed E-state index contributed by atoms with van der Waals surface area (Å²) in [4.78, 5) is 25.6. The zero-order chi connectivity index (χ0) is 23.0. The minimum Gasteiger partial charge on any atom is -0.497 e. The van der Waals surface area contributed by atoms with Crippen LogP contribution in [0.5, 0.6) is 11.5 Å². The summed E-state index contributed by atoms with van der Waals surface area (Å²) in [5.41, 5.74) is 0.326. The Bertz CT molecular complexity index is 1020. The van der Waals surface area contributed by atoms with Crippen LogP contribution in [-0.2, 0) is 9.59 Å². The molecule has 1 aromatic carbocycles. The van der Waals surface area contributed by atoms with E-state index in [2.05, 4.69) is 20.8 Å². The summed E-state index contributed by atoms with van der Waals surface area (Å²) >= 11 is 2.60. The summed E-state index contributed by atoms with van der Waals surface area (Å²) in [5, 5.41) is 14.7. The lowest BCUT2D eigenvalue weighted by Gasteiger charge is -2.55. The first kappa shape index (κ1) is 22.5. The largest absolute Gasteiger partial charge is 0.497 e. The second-order valence-electron chi connectivity index (χ2n) is 9.43. The second kappa shape index (κ2) is 9.13. The minimum absolute atomic E-state index is 0.108. The quantitative estimate of drug-likeness (QED) is 0.418. The van der Waals surface area contributed by atoms with Gasteiger partial charge in [-0.15, -0.1) is 10.2 Å². The highest BCUT2D eigenvalue weighted by molar-refractivity contribution is 8.01. The van der Waals surface area contributed by atoms with Crippen LogP contribution in [0.15, 0.2) is 22.5 Å². The van der Waals surface area contributed by atoms with Gasteiger partial charge in [-0.25, -0.2) is 0 Å². The van der Waals surface area contributed by atoms with Crippen LogP contribution in [0.4, 0.5) is 10.8 Å². The van der Waals surface area contributed by atoms with Crippen LogP contribution in [0.2, 0.25) is 0 Å². The number of ether oxygens (including phenoxy) is 2. The number of rotatable bonds is 8. The Balaban J connectivity index is 1.16. The van der Waals surface area contributed by atoms with Crippen LogP contribution < -0.4 is 20.1 Å². The van der Waals surface area contributed by atoms with E-state index in [0.29, 0.717) is 44.4 Å². The summed E-state index contributed by atoms with van der Waals surface area (Å²) in [6.45, 7) is 0. The Morgan fingerprint density at radius 2 is 1.76 bits per heavy atom. The first-order valence-corrected chi connectivity index (χ1v) is 13.1. The van der Waals surface area contributed by atoms with E-state index in [1.165, 1.54) is 42.4 Å². The van der Waals surface area contributed by atoms with Crippen molar-refractivity contribution >= 4 is 45.7 Å². The molecular weight excluding hydrogens is 460 g/mol. The fourth-order valence-corrected chi connectivity index (χ4v) is 7.71. The minimum atomic E-state index is -0.219. The number of carbonyl (C=O) groups excluding carboxylic acids is 2. The van der Waals surface area contributed by atoms with Gasteiger partial charge in [0.1, 0.15) is 11.5 Å². The number of anilines is 2. The van der Waals surface area contributed by atoms with E-state index in [4.69, 9.17) is 9.47 Å². The summed E-state index contributed by atoms with van der Waals surface area (Å²) in [6.07, 6.45) is 6.94. The molecule has 4 aliphatic carbocycles. The number of benzene rings is 1. The van der Waals surface area contributed by atoms with Crippen molar-refractivity contribution in [2.75, 3.05) is 30.6 Å². The van der Waals surface area contributed by atoms with Gasteiger partial charge in [-0.1, -0.05) is 23.1 Å². The first-order valence-electron chi connectivity index (χ1n) is 11.3. The molecule has 0 radical (unpaired) electrons. The van der Waals surface area contributed by atoms with Gasteiger partial charge < -0.3 is 20.1 Å². The standard InChI is InChI=1S/C23H28N4O4S2/c1-30-16-3-4-18(31-2)17(8-16)24-19(28)12-32-22-27-26-21(33-22)25-20(29)23-9-13-5-14(10-23)7-15(6-13)11-23/h3-4,8,13-15H,5-7,9-12H2,1-2H3,(H,24,28)(H,25,26,29). The Hall–Kier alpha value is -2.33. The molecular formula is C23H28N4O4S2. The highest BCUT2D eigenvalue weighted by Crippen LogP contribution is 2.60. The van der Waals surface area contributed by atoms with Crippen molar-refractivity contribution in [3.05, 3.63) is 18.2 Å². The number of nitrogens with one attached hydrogen (secondary N) is 2. The maximum Gasteiger partial charge on any atom is 0.234 e. The predicted octanol–water partition coefficient (Wildman–Crippen LogP) is 4.44. The van der Waals surface area contributed by atoms with Crippen LogP contribution in [-0.4, -0.2) is 42.0 Å². The molecule has 176 valence electrons. The number of aromatic nitrogens is 2. The van der Waals surface area contributed by atoms with Crippen molar-refractivity contribution in [2.45, 2.75) is 42.9 Å². The molecule has 4 saturated carbocycles. The van der Waals surface area contributed by atoms with Gasteiger partial charge in [0.25, 0.3) is 0 Å². The third-order valence-electron chi connectivity index (χ3n) is 7.15. The zero-order valence-electron chi connectivity index (χ0n) is 18.8. The fraction of sp³-hybridized carbons (Fsp3) is 0.565. The SMILES string of the molecule is COc1ccc(OC)c(NC(=O)CSc2nnc(NC(=O)C34CC5CC(CC(C5)C3)C4)s2)c1. The van der Waals surface area contributed by atoms with Crippen LogP contribution in [0.1, 0.15) is 38.5 Å². The van der Waals surface area contributed by atoms with E-state index in [1.807, 2.05) is 0 Å². The van der Waals surface area contributed by atoms with E-state index >= 15 is 0 Å². The lowest BCUT2D eigenvalue weighted by Crippen LogP contribution is -2.51. The predicted molar refractivity (Wildman–Crippen MR) is 128 cm³/mol. The highest BCUT2D eigenvalue weighted by atomic mass is 32.2. The van der Waals surface area contributed by atoms with Crippen molar-refractivity contribution in [2.24, 2.45) is 23.2 Å². The van der Waals surface area contributed by atoms with Gasteiger partial charge in [-0.2, -0.15) is 0 Å². The average Bonchev–Trinajstić information content (AvgIpc) is 3.24. The second-order valence-corrected chi connectivity index (χ2v) is 11.6. The maximum absolute atomic E-state index is 13.2. The molecule has 33 heavy (non-hydrogen) atoms.